The van der Waals surface area contributed by atoms with Crippen molar-refractivity contribution in [2.24, 2.45) is 5.92 Å². The van der Waals surface area contributed by atoms with E-state index in [1.54, 1.807) is 13.2 Å². The summed E-state index contributed by atoms with van der Waals surface area (Å²) in [7, 11) is 1.71. The predicted octanol–water partition coefficient (Wildman–Crippen LogP) is 3.24. The van der Waals surface area contributed by atoms with Gasteiger partial charge in [-0.05, 0) is 18.1 Å². The van der Waals surface area contributed by atoms with Crippen LogP contribution in [0.2, 0.25) is 0 Å². The molecule has 0 amide bonds. The number of hydrogen-bond donors (Lipinski definition) is 2. The fraction of sp³-hybridized carbons (Fsp3) is 0.333. The van der Waals surface area contributed by atoms with E-state index in [0.29, 0.717) is 11.7 Å². The summed E-state index contributed by atoms with van der Waals surface area (Å²) in [6, 6.07) is 11.5. The summed E-state index contributed by atoms with van der Waals surface area (Å²) in [4.78, 5) is 0. The molecule has 1 atom stereocenters. The minimum absolute atomic E-state index is 0.320. The molecule has 0 radical (unpaired) electrons. The van der Waals surface area contributed by atoms with Crippen molar-refractivity contribution in [2.45, 2.75) is 6.92 Å². The third-order valence-electron chi connectivity index (χ3n) is 2.99. The van der Waals surface area contributed by atoms with Crippen LogP contribution in [0.4, 0.5) is 5.69 Å². The van der Waals surface area contributed by atoms with Crippen LogP contribution in [0.5, 0.6) is 5.75 Å². The first kappa shape index (κ1) is 12.7. The number of anilines is 1. The average Bonchev–Trinajstić information content (AvgIpc) is 2.37. The summed E-state index contributed by atoms with van der Waals surface area (Å²) in [5, 5.41) is 15.1. The van der Waals surface area contributed by atoms with E-state index >= 15 is 0 Å². The first-order chi connectivity index (χ1) is 8.72. The first-order valence-corrected chi connectivity index (χ1v) is 6.16. The summed E-state index contributed by atoms with van der Waals surface area (Å²) < 4.78 is 5.12. The molecule has 0 aliphatic rings. The third-order valence-corrected chi connectivity index (χ3v) is 2.99. The molecule has 2 aromatic carbocycles. The summed E-state index contributed by atoms with van der Waals surface area (Å²) in [5.41, 5.74) is 1.05. The van der Waals surface area contributed by atoms with E-state index in [1.165, 1.54) is 0 Å². The summed E-state index contributed by atoms with van der Waals surface area (Å²) in [5.74, 6) is 0.767. The Kier molecular flexibility index (Phi) is 4.05. The third kappa shape index (κ3) is 2.74. The van der Waals surface area contributed by atoms with Crippen molar-refractivity contribution in [3.05, 3.63) is 36.4 Å². The lowest BCUT2D eigenvalue weighted by atomic mass is 10.1. The quantitative estimate of drug-likeness (QED) is 0.849. The topological polar surface area (TPSA) is 41.5 Å². The SMILES string of the molecule is COCC(C)CNc1cccc2c(O)cccc12. The summed E-state index contributed by atoms with van der Waals surface area (Å²) in [6.07, 6.45) is 0. The second kappa shape index (κ2) is 5.74. The lowest BCUT2D eigenvalue weighted by Gasteiger charge is -2.14. The van der Waals surface area contributed by atoms with Gasteiger partial charge in [-0.1, -0.05) is 31.2 Å². The van der Waals surface area contributed by atoms with Crippen LogP contribution in [0.1, 0.15) is 6.92 Å². The van der Waals surface area contributed by atoms with Gasteiger partial charge in [0.15, 0.2) is 0 Å². The molecule has 3 heteroatoms. The Bertz CT molecular complexity index is 525. The highest BCUT2D eigenvalue weighted by Crippen LogP contribution is 2.29. The Morgan fingerprint density at radius 3 is 2.67 bits per heavy atom. The largest absolute Gasteiger partial charge is 0.507 e. The molecule has 0 aliphatic carbocycles. The molecule has 0 saturated carbocycles. The maximum Gasteiger partial charge on any atom is 0.123 e. The van der Waals surface area contributed by atoms with Gasteiger partial charge in [0, 0.05) is 30.1 Å². The molecule has 0 spiro atoms. The van der Waals surface area contributed by atoms with Gasteiger partial charge in [0.2, 0.25) is 0 Å². The zero-order valence-electron chi connectivity index (χ0n) is 10.8. The molecule has 0 aliphatic heterocycles. The van der Waals surface area contributed by atoms with Crippen LogP contribution in [0.15, 0.2) is 36.4 Å². The van der Waals surface area contributed by atoms with E-state index < -0.39 is 0 Å². The lowest BCUT2D eigenvalue weighted by Crippen LogP contribution is -2.15. The number of rotatable bonds is 5. The van der Waals surface area contributed by atoms with Crippen LogP contribution < -0.4 is 5.32 Å². The molecule has 18 heavy (non-hydrogen) atoms. The molecule has 0 heterocycles. The highest BCUT2D eigenvalue weighted by molar-refractivity contribution is 5.97. The number of benzene rings is 2. The molecular weight excluding hydrogens is 226 g/mol. The van der Waals surface area contributed by atoms with Gasteiger partial charge in [-0.15, -0.1) is 0 Å². The number of fused-ring (bicyclic) bond motifs is 1. The van der Waals surface area contributed by atoms with Crippen molar-refractivity contribution >= 4 is 16.5 Å². The Balaban J connectivity index is 2.21. The second-order valence-corrected chi connectivity index (χ2v) is 4.62. The van der Waals surface area contributed by atoms with Gasteiger partial charge in [-0.2, -0.15) is 0 Å². The standard InChI is InChI=1S/C15H19NO2/c1-11(10-18-2)9-16-14-7-3-6-13-12(14)5-4-8-15(13)17/h3-8,11,16-17H,9-10H2,1-2H3. The van der Waals surface area contributed by atoms with Crippen molar-refractivity contribution in [2.75, 3.05) is 25.6 Å². The monoisotopic (exact) mass is 245 g/mol. The molecule has 0 fully saturated rings. The second-order valence-electron chi connectivity index (χ2n) is 4.62. The van der Waals surface area contributed by atoms with Gasteiger partial charge in [0.05, 0.1) is 6.61 Å². The van der Waals surface area contributed by atoms with Crippen molar-refractivity contribution in [1.82, 2.24) is 0 Å². The number of ether oxygens (including phenoxy) is 1. The van der Waals surface area contributed by atoms with Crippen molar-refractivity contribution < 1.29 is 9.84 Å². The minimum Gasteiger partial charge on any atom is -0.507 e. The molecule has 2 N–H and O–H groups in total. The van der Waals surface area contributed by atoms with E-state index in [1.807, 2.05) is 30.3 Å². The van der Waals surface area contributed by atoms with Gasteiger partial charge >= 0.3 is 0 Å². The molecular formula is C15H19NO2. The molecule has 0 bridgehead atoms. The molecule has 1 unspecified atom stereocenters. The van der Waals surface area contributed by atoms with Gasteiger partial charge in [-0.25, -0.2) is 0 Å². The summed E-state index contributed by atoms with van der Waals surface area (Å²) in [6.45, 7) is 3.73. The minimum atomic E-state index is 0.320. The Hall–Kier alpha value is -1.74. The average molecular weight is 245 g/mol. The highest BCUT2D eigenvalue weighted by atomic mass is 16.5. The van der Waals surface area contributed by atoms with Gasteiger partial charge < -0.3 is 15.2 Å². The molecule has 96 valence electrons. The Morgan fingerprint density at radius 1 is 1.17 bits per heavy atom. The zero-order valence-corrected chi connectivity index (χ0v) is 10.8. The predicted molar refractivity (Wildman–Crippen MR) is 75.1 cm³/mol. The summed E-state index contributed by atoms with van der Waals surface area (Å²) >= 11 is 0. The van der Waals surface area contributed by atoms with E-state index in [4.69, 9.17) is 4.74 Å². The van der Waals surface area contributed by atoms with Crippen molar-refractivity contribution in [3.63, 3.8) is 0 Å². The van der Waals surface area contributed by atoms with Crippen LogP contribution >= 0.6 is 0 Å². The highest BCUT2D eigenvalue weighted by Gasteiger charge is 2.05. The van der Waals surface area contributed by atoms with E-state index in [2.05, 4.69) is 12.2 Å². The maximum atomic E-state index is 9.81. The van der Waals surface area contributed by atoms with Crippen LogP contribution in [-0.2, 0) is 4.74 Å². The van der Waals surface area contributed by atoms with Gasteiger partial charge in [0.1, 0.15) is 5.75 Å². The number of aromatic hydroxyl groups is 1. The number of phenols is 1. The smallest absolute Gasteiger partial charge is 0.123 e. The number of phenolic OH excluding ortho intramolecular Hbond substituents is 1. The van der Waals surface area contributed by atoms with E-state index in [9.17, 15) is 5.11 Å². The molecule has 3 nitrogen and oxygen atoms in total. The molecule has 2 aromatic rings. The molecule has 2 rings (SSSR count). The molecule has 0 aromatic heterocycles. The van der Waals surface area contributed by atoms with Crippen LogP contribution in [-0.4, -0.2) is 25.4 Å². The Labute approximate surface area is 107 Å². The zero-order chi connectivity index (χ0) is 13.0. The van der Waals surface area contributed by atoms with Crippen LogP contribution in [0.25, 0.3) is 10.8 Å². The first-order valence-electron chi connectivity index (χ1n) is 6.16. The van der Waals surface area contributed by atoms with Crippen molar-refractivity contribution in [1.29, 1.82) is 0 Å². The number of nitrogens with one attached hydrogen (secondary N) is 1. The lowest BCUT2D eigenvalue weighted by molar-refractivity contribution is 0.164. The molecule has 0 saturated heterocycles. The fourth-order valence-corrected chi connectivity index (χ4v) is 2.08. The van der Waals surface area contributed by atoms with E-state index in [0.717, 1.165) is 29.6 Å². The maximum absolute atomic E-state index is 9.81. The number of methoxy groups -OCH3 is 1. The van der Waals surface area contributed by atoms with Crippen molar-refractivity contribution in [3.8, 4) is 5.75 Å². The van der Waals surface area contributed by atoms with Gasteiger partial charge in [-0.3, -0.25) is 0 Å². The van der Waals surface area contributed by atoms with E-state index in [-0.39, 0.29) is 0 Å². The van der Waals surface area contributed by atoms with Gasteiger partial charge in [0.25, 0.3) is 0 Å². The fourth-order valence-electron chi connectivity index (χ4n) is 2.08. The number of hydrogen-bond acceptors (Lipinski definition) is 3. The van der Waals surface area contributed by atoms with Crippen LogP contribution in [0.3, 0.4) is 0 Å². The van der Waals surface area contributed by atoms with Crippen LogP contribution in [0, 0.1) is 5.92 Å². The normalized spacial score (nSPS) is 12.6. The Morgan fingerprint density at radius 2 is 1.89 bits per heavy atom.